The van der Waals surface area contributed by atoms with E-state index in [-0.39, 0.29) is 18.1 Å². The molecule has 1 aliphatic rings. The summed E-state index contributed by atoms with van der Waals surface area (Å²) in [6.45, 7) is 2.79. The van der Waals surface area contributed by atoms with Crippen molar-refractivity contribution in [2.24, 2.45) is 0 Å². The predicted molar refractivity (Wildman–Crippen MR) is 71.7 cm³/mol. The van der Waals surface area contributed by atoms with Crippen molar-refractivity contribution in [3.63, 3.8) is 0 Å². The van der Waals surface area contributed by atoms with Gasteiger partial charge in [0, 0.05) is 11.6 Å². The van der Waals surface area contributed by atoms with Crippen molar-refractivity contribution >= 4 is 17.5 Å². The molecule has 2 rings (SSSR count). The molecule has 1 fully saturated rings. The van der Waals surface area contributed by atoms with E-state index in [1.165, 1.54) is 0 Å². The minimum Gasteiger partial charge on any atom is -0.376 e. The third-order valence-corrected chi connectivity index (χ3v) is 3.59. The van der Waals surface area contributed by atoms with E-state index >= 15 is 0 Å². The number of benzene rings is 1. The molecular formula is C14H18ClNO2. The monoisotopic (exact) mass is 267 g/mol. The third-order valence-electron chi connectivity index (χ3n) is 3.22. The Kier molecular flexibility index (Phi) is 4.61. The Hall–Kier alpha value is -1.06. The molecule has 0 radical (unpaired) electrons. The zero-order valence-corrected chi connectivity index (χ0v) is 11.2. The van der Waals surface area contributed by atoms with Gasteiger partial charge in [0.15, 0.2) is 0 Å². The number of amides is 1. The Bertz CT molecular complexity index is 416. The number of nitrogens with one attached hydrogen (secondary N) is 1. The minimum atomic E-state index is -0.00824. The third kappa shape index (κ3) is 3.47. The lowest BCUT2D eigenvalue weighted by Crippen LogP contribution is -2.41. The molecule has 1 aliphatic heterocycles. The molecule has 1 N–H and O–H groups in total. The summed E-state index contributed by atoms with van der Waals surface area (Å²) in [6.07, 6.45) is 2.57. The fourth-order valence-corrected chi connectivity index (χ4v) is 2.41. The molecule has 0 unspecified atom stereocenters. The quantitative estimate of drug-likeness (QED) is 0.911. The van der Waals surface area contributed by atoms with E-state index in [1.54, 1.807) is 6.07 Å². The van der Waals surface area contributed by atoms with E-state index in [9.17, 15) is 4.79 Å². The van der Waals surface area contributed by atoms with E-state index < -0.39 is 0 Å². The van der Waals surface area contributed by atoms with Crippen molar-refractivity contribution in [3.05, 3.63) is 34.9 Å². The summed E-state index contributed by atoms with van der Waals surface area (Å²) < 4.78 is 5.55. The molecule has 0 bridgehead atoms. The Morgan fingerprint density at radius 1 is 1.56 bits per heavy atom. The number of carbonyl (C=O) groups excluding carboxylic acids is 1. The fraction of sp³-hybridized carbons (Fsp3) is 0.500. The van der Waals surface area contributed by atoms with Crippen LogP contribution in [0.4, 0.5) is 0 Å². The Labute approximate surface area is 112 Å². The first-order valence-corrected chi connectivity index (χ1v) is 6.69. The van der Waals surface area contributed by atoms with Crippen molar-refractivity contribution in [2.75, 3.05) is 6.61 Å². The van der Waals surface area contributed by atoms with Gasteiger partial charge < -0.3 is 10.1 Å². The second-order valence-corrected chi connectivity index (χ2v) is 5.08. The second-order valence-electron chi connectivity index (χ2n) is 4.68. The normalized spacial score (nSPS) is 20.7. The molecule has 98 valence electrons. The van der Waals surface area contributed by atoms with Gasteiger partial charge in [0.2, 0.25) is 5.91 Å². The van der Waals surface area contributed by atoms with Crippen LogP contribution in [0.2, 0.25) is 5.02 Å². The van der Waals surface area contributed by atoms with E-state index in [0.29, 0.717) is 11.4 Å². The first kappa shape index (κ1) is 13.4. The van der Waals surface area contributed by atoms with Crippen molar-refractivity contribution in [1.29, 1.82) is 0 Å². The summed E-state index contributed by atoms with van der Waals surface area (Å²) in [5, 5.41) is 3.61. The molecular weight excluding hydrogens is 250 g/mol. The smallest absolute Gasteiger partial charge is 0.224 e. The lowest BCUT2D eigenvalue weighted by Gasteiger charge is -2.20. The fourth-order valence-electron chi connectivity index (χ4n) is 2.21. The highest BCUT2D eigenvalue weighted by Gasteiger charge is 2.23. The van der Waals surface area contributed by atoms with Gasteiger partial charge in [-0.05, 0) is 31.4 Å². The highest BCUT2D eigenvalue weighted by molar-refractivity contribution is 6.31. The summed E-state index contributed by atoms with van der Waals surface area (Å²) in [7, 11) is 0. The van der Waals surface area contributed by atoms with Crippen molar-refractivity contribution in [1.82, 2.24) is 5.32 Å². The van der Waals surface area contributed by atoms with E-state index in [0.717, 1.165) is 25.0 Å². The van der Waals surface area contributed by atoms with Crippen LogP contribution in [-0.4, -0.2) is 24.7 Å². The number of carbonyl (C=O) groups is 1. The van der Waals surface area contributed by atoms with Gasteiger partial charge in [0.05, 0.1) is 18.6 Å². The van der Waals surface area contributed by atoms with Crippen molar-refractivity contribution in [2.45, 2.75) is 38.3 Å². The summed E-state index contributed by atoms with van der Waals surface area (Å²) in [4.78, 5) is 11.9. The zero-order valence-electron chi connectivity index (χ0n) is 10.5. The average Bonchev–Trinajstić information content (AvgIpc) is 2.85. The van der Waals surface area contributed by atoms with E-state index in [2.05, 4.69) is 5.32 Å². The topological polar surface area (TPSA) is 38.3 Å². The van der Waals surface area contributed by atoms with Crippen LogP contribution in [0.1, 0.15) is 25.3 Å². The molecule has 0 spiro atoms. The maximum absolute atomic E-state index is 11.9. The molecule has 1 heterocycles. The standard InChI is InChI=1S/C14H18ClNO2/c1-10(13-7-4-8-18-13)16-14(17)9-11-5-2-3-6-12(11)15/h2-3,5-6,10,13H,4,7-9H2,1H3,(H,16,17)/t10-,13-/m0/s1. The number of rotatable bonds is 4. The van der Waals surface area contributed by atoms with E-state index in [4.69, 9.17) is 16.3 Å². The van der Waals surface area contributed by atoms with Crippen LogP contribution in [0.5, 0.6) is 0 Å². The van der Waals surface area contributed by atoms with Crippen LogP contribution >= 0.6 is 11.6 Å². The van der Waals surface area contributed by atoms with Gasteiger partial charge >= 0.3 is 0 Å². The molecule has 4 heteroatoms. The molecule has 1 saturated heterocycles. The molecule has 0 aliphatic carbocycles. The van der Waals surface area contributed by atoms with Crippen LogP contribution in [0, 0.1) is 0 Å². The lowest BCUT2D eigenvalue weighted by atomic mass is 10.1. The minimum absolute atomic E-state index is 0.00824. The molecule has 0 aromatic heterocycles. The number of hydrogen-bond donors (Lipinski definition) is 1. The van der Waals surface area contributed by atoms with Gasteiger partial charge in [0.1, 0.15) is 0 Å². The summed E-state index contributed by atoms with van der Waals surface area (Å²) >= 11 is 6.03. The molecule has 0 saturated carbocycles. The van der Waals surface area contributed by atoms with Gasteiger partial charge in [-0.25, -0.2) is 0 Å². The summed E-state index contributed by atoms with van der Waals surface area (Å²) in [5.41, 5.74) is 0.858. The van der Waals surface area contributed by atoms with Gasteiger partial charge in [0.25, 0.3) is 0 Å². The number of ether oxygens (including phenoxy) is 1. The maximum atomic E-state index is 11.9. The molecule has 3 nitrogen and oxygen atoms in total. The van der Waals surface area contributed by atoms with Crippen LogP contribution < -0.4 is 5.32 Å². The Morgan fingerprint density at radius 3 is 3.00 bits per heavy atom. The molecule has 2 atom stereocenters. The van der Waals surface area contributed by atoms with E-state index in [1.807, 2.05) is 25.1 Å². The van der Waals surface area contributed by atoms with Gasteiger partial charge in [-0.15, -0.1) is 0 Å². The molecule has 1 aromatic carbocycles. The molecule has 1 aromatic rings. The summed E-state index contributed by atoms with van der Waals surface area (Å²) in [5.74, 6) is -0.00824. The van der Waals surface area contributed by atoms with Gasteiger partial charge in [-0.2, -0.15) is 0 Å². The van der Waals surface area contributed by atoms with Crippen LogP contribution in [0.3, 0.4) is 0 Å². The average molecular weight is 268 g/mol. The maximum Gasteiger partial charge on any atom is 0.224 e. The number of hydrogen-bond acceptors (Lipinski definition) is 2. The van der Waals surface area contributed by atoms with Crippen molar-refractivity contribution in [3.8, 4) is 0 Å². The van der Waals surface area contributed by atoms with Crippen LogP contribution in [0.25, 0.3) is 0 Å². The van der Waals surface area contributed by atoms with Crippen LogP contribution in [0.15, 0.2) is 24.3 Å². The first-order chi connectivity index (χ1) is 8.66. The SMILES string of the molecule is C[C@H](NC(=O)Cc1ccccc1Cl)[C@@H]1CCCO1. The molecule has 18 heavy (non-hydrogen) atoms. The van der Waals surface area contributed by atoms with Crippen LogP contribution in [-0.2, 0) is 16.0 Å². The highest BCUT2D eigenvalue weighted by atomic mass is 35.5. The van der Waals surface area contributed by atoms with Crippen molar-refractivity contribution < 1.29 is 9.53 Å². The Morgan fingerprint density at radius 2 is 2.33 bits per heavy atom. The second kappa shape index (κ2) is 6.21. The lowest BCUT2D eigenvalue weighted by molar-refractivity contribution is -0.121. The highest BCUT2D eigenvalue weighted by Crippen LogP contribution is 2.17. The van der Waals surface area contributed by atoms with Gasteiger partial charge in [-0.3, -0.25) is 4.79 Å². The zero-order chi connectivity index (χ0) is 13.0. The van der Waals surface area contributed by atoms with Gasteiger partial charge in [-0.1, -0.05) is 29.8 Å². The largest absolute Gasteiger partial charge is 0.376 e. The predicted octanol–water partition coefficient (Wildman–Crippen LogP) is 2.57. The summed E-state index contributed by atoms with van der Waals surface area (Å²) in [6, 6.07) is 7.48. The first-order valence-electron chi connectivity index (χ1n) is 6.31. The number of halogens is 1. The molecule has 1 amide bonds. The Balaban J connectivity index is 1.86.